The predicted octanol–water partition coefficient (Wildman–Crippen LogP) is 3.92. The summed E-state index contributed by atoms with van der Waals surface area (Å²) in [5.74, 6) is 0. The number of nitrogens with one attached hydrogen (secondary N) is 1. The number of aldehydes is 1. The van der Waals surface area contributed by atoms with Crippen molar-refractivity contribution >= 4 is 46.0 Å². The standard InChI is InChI=1S/C12H10Cl2N2OS/c13-9-3-1-8(2-4-9)5-6-15-12-16-11(14)10(7-17)18-12/h1-4,7H,5-6H2,(H,15,16). The average molecular weight is 301 g/mol. The summed E-state index contributed by atoms with van der Waals surface area (Å²) in [6.07, 6.45) is 1.56. The summed E-state index contributed by atoms with van der Waals surface area (Å²) < 4.78 is 0. The number of aromatic nitrogens is 1. The van der Waals surface area contributed by atoms with Gasteiger partial charge >= 0.3 is 0 Å². The van der Waals surface area contributed by atoms with Gasteiger partial charge in [-0.05, 0) is 24.1 Å². The van der Waals surface area contributed by atoms with Crippen LogP contribution >= 0.6 is 34.5 Å². The summed E-state index contributed by atoms with van der Waals surface area (Å²) in [5, 5.41) is 4.78. The third kappa shape index (κ3) is 3.45. The lowest BCUT2D eigenvalue weighted by molar-refractivity contribution is 0.112. The fourth-order valence-corrected chi connectivity index (χ4v) is 2.54. The fraction of sp³-hybridized carbons (Fsp3) is 0.167. The molecule has 0 fully saturated rings. The van der Waals surface area contributed by atoms with Crippen LogP contribution in [0.15, 0.2) is 24.3 Å². The molecule has 2 aromatic rings. The first kappa shape index (κ1) is 13.3. The average Bonchev–Trinajstić information content (AvgIpc) is 2.72. The van der Waals surface area contributed by atoms with Gasteiger partial charge < -0.3 is 5.32 Å². The molecule has 0 aliphatic rings. The van der Waals surface area contributed by atoms with Crippen molar-refractivity contribution in [1.29, 1.82) is 0 Å². The van der Waals surface area contributed by atoms with Crippen molar-refractivity contribution in [1.82, 2.24) is 4.98 Å². The summed E-state index contributed by atoms with van der Waals surface area (Å²) in [7, 11) is 0. The number of carbonyl (C=O) groups is 1. The second-order valence-corrected chi connectivity index (χ2v) is 5.42. The molecule has 0 aliphatic heterocycles. The lowest BCUT2D eigenvalue weighted by Gasteiger charge is -2.02. The summed E-state index contributed by atoms with van der Waals surface area (Å²) in [5.41, 5.74) is 1.19. The highest BCUT2D eigenvalue weighted by Crippen LogP contribution is 2.24. The molecule has 1 aromatic carbocycles. The molecule has 0 radical (unpaired) electrons. The van der Waals surface area contributed by atoms with Crippen LogP contribution in [0, 0.1) is 0 Å². The van der Waals surface area contributed by atoms with Gasteiger partial charge in [0.05, 0.1) is 0 Å². The molecule has 1 aromatic heterocycles. The Bertz CT molecular complexity index is 540. The van der Waals surface area contributed by atoms with E-state index in [1.165, 1.54) is 16.9 Å². The number of hydrogen-bond acceptors (Lipinski definition) is 4. The lowest BCUT2D eigenvalue weighted by Crippen LogP contribution is -2.04. The molecule has 0 saturated carbocycles. The maximum Gasteiger partial charge on any atom is 0.184 e. The normalized spacial score (nSPS) is 10.3. The second kappa shape index (κ2) is 6.18. The first-order chi connectivity index (χ1) is 8.69. The predicted molar refractivity (Wildman–Crippen MR) is 76.2 cm³/mol. The summed E-state index contributed by atoms with van der Waals surface area (Å²) in [6, 6.07) is 7.69. The topological polar surface area (TPSA) is 42.0 Å². The van der Waals surface area contributed by atoms with E-state index in [1.54, 1.807) is 0 Å². The first-order valence-corrected chi connectivity index (χ1v) is 6.86. The number of halogens is 2. The number of rotatable bonds is 5. The van der Waals surface area contributed by atoms with E-state index in [1.807, 2.05) is 24.3 Å². The molecule has 0 saturated heterocycles. The fourth-order valence-electron chi connectivity index (χ4n) is 1.43. The molecule has 1 N–H and O–H groups in total. The minimum atomic E-state index is 0.254. The molecule has 6 heteroatoms. The van der Waals surface area contributed by atoms with E-state index >= 15 is 0 Å². The van der Waals surface area contributed by atoms with E-state index in [4.69, 9.17) is 23.2 Å². The van der Waals surface area contributed by atoms with Gasteiger partial charge in [0.15, 0.2) is 16.6 Å². The van der Waals surface area contributed by atoms with Crippen molar-refractivity contribution in [2.24, 2.45) is 0 Å². The van der Waals surface area contributed by atoms with Gasteiger partial charge in [-0.25, -0.2) is 4.98 Å². The maximum atomic E-state index is 10.6. The summed E-state index contributed by atoms with van der Waals surface area (Å²) in [6.45, 7) is 0.726. The van der Waals surface area contributed by atoms with E-state index in [-0.39, 0.29) is 5.15 Å². The van der Waals surface area contributed by atoms with Gasteiger partial charge in [0.2, 0.25) is 0 Å². The number of benzene rings is 1. The SMILES string of the molecule is O=Cc1sc(NCCc2ccc(Cl)cc2)nc1Cl. The highest BCUT2D eigenvalue weighted by molar-refractivity contribution is 7.17. The zero-order valence-electron chi connectivity index (χ0n) is 9.32. The Hall–Kier alpha value is -1.10. The van der Waals surface area contributed by atoms with Crippen molar-refractivity contribution in [3.8, 4) is 0 Å². The van der Waals surface area contributed by atoms with Gasteiger partial charge in [0, 0.05) is 11.6 Å². The van der Waals surface area contributed by atoms with Crippen LogP contribution in [0.2, 0.25) is 10.2 Å². The molecule has 3 nitrogen and oxygen atoms in total. The molecule has 1 heterocycles. The highest BCUT2D eigenvalue weighted by atomic mass is 35.5. The van der Waals surface area contributed by atoms with Crippen LogP contribution in [0.25, 0.3) is 0 Å². The molecular weight excluding hydrogens is 291 g/mol. The van der Waals surface area contributed by atoms with Crippen LogP contribution in [0.3, 0.4) is 0 Å². The zero-order chi connectivity index (χ0) is 13.0. The van der Waals surface area contributed by atoms with Crippen LogP contribution in [0.1, 0.15) is 15.2 Å². The zero-order valence-corrected chi connectivity index (χ0v) is 11.6. The molecule has 94 valence electrons. The van der Waals surface area contributed by atoms with Crippen molar-refractivity contribution in [2.45, 2.75) is 6.42 Å². The first-order valence-electron chi connectivity index (χ1n) is 5.29. The number of thiazole rings is 1. The van der Waals surface area contributed by atoms with Crippen LogP contribution < -0.4 is 5.32 Å². The van der Waals surface area contributed by atoms with Crippen LogP contribution in [-0.2, 0) is 6.42 Å². The van der Waals surface area contributed by atoms with Gasteiger partial charge in [-0.1, -0.05) is 46.7 Å². The van der Waals surface area contributed by atoms with Crippen molar-refractivity contribution < 1.29 is 4.79 Å². The Labute approximate surface area is 119 Å². The van der Waals surface area contributed by atoms with Gasteiger partial charge in [-0.15, -0.1) is 0 Å². The van der Waals surface area contributed by atoms with Crippen LogP contribution in [0.5, 0.6) is 0 Å². The van der Waals surface area contributed by atoms with E-state index in [0.717, 1.165) is 18.0 Å². The molecule has 2 rings (SSSR count). The van der Waals surface area contributed by atoms with E-state index < -0.39 is 0 Å². The number of hydrogen-bond donors (Lipinski definition) is 1. The second-order valence-electron chi connectivity index (χ2n) is 3.60. The Morgan fingerprint density at radius 2 is 2.00 bits per heavy atom. The molecular formula is C12H10Cl2N2OS. The number of anilines is 1. The molecule has 0 atom stereocenters. The van der Waals surface area contributed by atoms with Gasteiger partial charge in [0.1, 0.15) is 4.88 Å². The van der Waals surface area contributed by atoms with Crippen LogP contribution in [0.4, 0.5) is 5.13 Å². The van der Waals surface area contributed by atoms with E-state index in [9.17, 15) is 4.79 Å². The largest absolute Gasteiger partial charge is 0.361 e. The van der Waals surface area contributed by atoms with E-state index in [2.05, 4.69) is 10.3 Å². The van der Waals surface area contributed by atoms with Crippen molar-refractivity contribution in [2.75, 3.05) is 11.9 Å². The molecule has 0 bridgehead atoms. The molecule has 0 unspecified atom stereocenters. The lowest BCUT2D eigenvalue weighted by atomic mass is 10.1. The molecule has 0 aliphatic carbocycles. The third-order valence-electron chi connectivity index (χ3n) is 2.32. The number of nitrogens with zero attached hydrogens (tertiary/aromatic N) is 1. The quantitative estimate of drug-likeness (QED) is 0.851. The molecule has 18 heavy (non-hydrogen) atoms. The Kier molecular flexibility index (Phi) is 4.58. The summed E-state index contributed by atoms with van der Waals surface area (Å²) in [4.78, 5) is 15.1. The van der Waals surface area contributed by atoms with E-state index in [0.29, 0.717) is 16.3 Å². The monoisotopic (exact) mass is 300 g/mol. The van der Waals surface area contributed by atoms with Crippen LogP contribution in [-0.4, -0.2) is 17.8 Å². The van der Waals surface area contributed by atoms with Crippen molar-refractivity contribution in [3.05, 3.63) is 44.9 Å². The third-order valence-corrected chi connectivity index (χ3v) is 3.91. The Morgan fingerprint density at radius 1 is 1.28 bits per heavy atom. The highest BCUT2D eigenvalue weighted by Gasteiger charge is 2.07. The molecule has 0 spiro atoms. The van der Waals surface area contributed by atoms with Gasteiger partial charge in [-0.3, -0.25) is 4.79 Å². The van der Waals surface area contributed by atoms with Crippen molar-refractivity contribution in [3.63, 3.8) is 0 Å². The Balaban J connectivity index is 1.88. The minimum absolute atomic E-state index is 0.254. The summed E-state index contributed by atoms with van der Waals surface area (Å²) >= 11 is 12.8. The van der Waals surface area contributed by atoms with Gasteiger partial charge in [-0.2, -0.15) is 0 Å². The maximum absolute atomic E-state index is 10.6. The van der Waals surface area contributed by atoms with Gasteiger partial charge in [0.25, 0.3) is 0 Å². The molecule has 0 amide bonds. The number of carbonyl (C=O) groups excluding carboxylic acids is 1. The Morgan fingerprint density at radius 3 is 2.61 bits per heavy atom. The smallest absolute Gasteiger partial charge is 0.184 e. The minimum Gasteiger partial charge on any atom is -0.361 e.